The lowest BCUT2D eigenvalue weighted by Crippen LogP contribution is -2.32. The van der Waals surface area contributed by atoms with Gasteiger partial charge in [-0.05, 0) is 6.42 Å². The molecule has 0 fully saturated rings. The quantitative estimate of drug-likeness (QED) is 0.571. The van der Waals surface area contributed by atoms with Crippen LogP contribution in [-0.4, -0.2) is 46.1 Å². The SMILES string of the molecule is N=S(=O)(CCOC(F)F)CC[C@H](N)C(=O)O. The van der Waals surface area contributed by atoms with Crippen molar-refractivity contribution in [2.45, 2.75) is 19.1 Å². The normalized spacial score (nSPS) is 17.0. The molecule has 0 bridgehead atoms. The van der Waals surface area contributed by atoms with Gasteiger partial charge in [-0.2, -0.15) is 8.78 Å². The number of hydrogen-bond donors (Lipinski definition) is 3. The smallest absolute Gasteiger partial charge is 0.345 e. The van der Waals surface area contributed by atoms with E-state index in [1.165, 1.54) is 0 Å². The van der Waals surface area contributed by atoms with Crippen LogP contribution in [0.3, 0.4) is 0 Å². The van der Waals surface area contributed by atoms with Crippen LogP contribution in [-0.2, 0) is 19.3 Å². The summed E-state index contributed by atoms with van der Waals surface area (Å²) < 4.78 is 45.6. The molecule has 0 rings (SSSR count). The largest absolute Gasteiger partial charge is 0.480 e. The monoisotopic (exact) mass is 260 g/mol. The van der Waals surface area contributed by atoms with Crippen LogP contribution < -0.4 is 5.73 Å². The number of carboxylic acids is 1. The van der Waals surface area contributed by atoms with Crippen LogP contribution in [0.1, 0.15) is 6.42 Å². The molecular weight excluding hydrogens is 246 g/mol. The summed E-state index contributed by atoms with van der Waals surface area (Å²) in [7, 11) is -3.11. The van der Waals surface area contributed by atoms with E-state index >= 15 is 0 Å². The van der Waals surface area contributed by atoms with Crippen molar-refractivity contribution in [2.75, 3.05) is 18.1 Å². The summed E-state index contributed by atoms with van der Waals surface area (Å²) in [5.41, 5.74) is 5.14. The molecule has 0 saturated heterocycles. The third-order valence-electron chi connectivity index (χ3n) is 1.73. The summed E-state index contributed by atoms with van der Waals surface area (Å²) in [4.78, 5) is 10.3. The minimum absolute atomic E-state index is 0.133. The van der Waals surface area contributed by atoms with Gasteiger partial charge in [-0.15, -0.1) is 0 Å². The zero-order chi connectivity index (χ0) is 12.8. The van der Waals surface area contributed by atoms with Crippen molar-refractivity contribution < 1.29 is 27.6 Å². The molecular formula is C7H14F2N2O4S. The first-order chi connectivity index (χ1) is 7.24. The van der Waals surface area contributed by atoms with Crippen LogP contribution in [0.15, 0.2) is 0 Å². The Morgan fingerprint density at radius 1 is 1.50 bits per heavy atom. The fourth-order valence-electron chi connectivity index (χ4n) is 0.815. The molecule has 4 N–H and O–H groups in total. The minimum Gasteiger partial charge on any atom is -0.480 e. The lowest BCUT2D eigenvalue weighted by atomic mass is 10.2. The minimum atomic E-state index is -3.11. The Hall–Kier alpha value is -0.800. The lowest BCUT2D eigenvalue weighted by Gasteiger charge is -2.09. The molecule has 16 heavy (non-hydrogen) atoms. The fourth-order valence-corrected chi connectivity index (χ4v) is 2.02. The standard InChI is InChI=1S/C7H14F2N2O4S/c8-7(9)15-2-4-16(11,14)3-1-5(10)6(12)13/h5,7,11H,1-4,10H2,(H,12,13)/t5-,16?/m0/s1. The van der Waals surface area contributed by atoms with Gasteiger partial charge in [0.25, 0.3) is 0 Å². The van der Waals surface area contributed by atoms with Gasteiger partial charge in [0.15, 0.2) is 0 Å². The van der Waals surface area contributed by atoms with Gasteiger partial charge < -0.3 is 15.6 Å². The molecule has 0 spiro atoms. The highest BCUT2D eigenvalue weighted by Crippen LogP contribution is 2.01. The first-order valence-corrected chi connectivity index (χ1v) is 6.26. The maximum Gasteiger partial charge on any atom is 0.345 e. The number of halogens is 2. The van der Waals surface area contributed by atoms with Gasteiger partial charge in [-0.25, -0.2) is 4.21 Å². The van der Waals surface area contributed by atoms with Gasteiger partial charge in [0, 0.05) is 15.5 Å². The van der Waals surface area contributed by atoms with Crippen molar-refractivity contribution in [3.63, 3.8) is 0 Å². The van der Waals surface area contributed by atoms with Crippen molar-refractivity contribution in [1.29, 1.82) is 4.78 Å². The summed E-state index contributed by atoms with van der Waals surface area (Å²) >= 11 is 0. The number of nitrogens with one attached hydrogen (secondary N) is 1. The Morgan fingerprint density at radius 2 is 2.06 bits per heavy atom. The number of rotatable bonds is 8. The Balaban J connectivity index is 3.92. The van der Waals surface area contributed by atoms with Crippen LogP contribution in [0.2, 0.25) is 0 Å². The Bertz CT molecular complexity index is 320. The average molecular weight is 260 g/mol. The second-order valence-electron chi connectivity index (χ2n) is 3.08. The third-order valence-corrected chi connectivity index (χ3v) is 3.45. The molecule has 0 aromatic carbocycles. The highest BCUT2D eigenvalue weighted by molar-refractivity contribution is 7.92. The van der Waals surface area contributed by atoms with Crippen molar-refractivity contribution in [3.8, 4) is 0 Å². The highest BCUT2D eigenvalue weighted by Gasteiger charge is 2.15. The first kappa shape index (κ1) is 15.2. The Morgan fingerprint density at radius 3 is 2.50 bits per heavy atom. The number of carbonyl (C=O) groups is 1. The van der Waals surface area contributed by atoms with E-state index in [4.69, 9.17) is 15.6 Å². The number of carboxylic acid groups (broad SMARTS) is 1. The fraction of sp³-hybridized carbons (Fsp3) is 0.857. The molecule has 0 aliphatic carbocycles. The Labute approximate surface area is 91.7 Å². The summed E-state index contributed by atoms with van der Waals surface area (Å²) in [6.45, 7) is -3.46. The molecule has 0 aromatic heterocycles. The van der Waals surface area contributed by atoms with E-state index in [2.05, 4.69) is 4.74 Å². The van der Waals surface area contributed by atoms with Crippen molar-refractivity contribution in [2.24, 2.45) is 5.73 Å². The molecule has 6 nitrogen and oxygen atoms in total. The summed E-state index contributed by atoms with van der Waals surface area (Å²) in [5.74, 6) is -1.85. The average Bonchev–Trinajstić information content (AvgIpc) is 2.13. The molecule has 0 radical (unpaired) electrons. The number of ether oxygens (including phenoxy) is 1. The summed E-state index contributed by atoms with van der Waals surface area (Å²) in [5, 5.41) is 8.42. The van der Waals surface area contributed by atoms with Crippen LogP contribution in [0, 0.1) is 4.78 Å². The van der Waals surface area contributed by atoms with Crippen molar-refractivity contribution in [1.82, 2.24) is 0 Å². The molecule has 96 valence electrons. The Kier molecular flexibility index (Phi) is 6.38. The zero-order valence-corrected chi connectivity index (χ0v) is 9.21. The predicted molar refractivity (Wildman–Crippen MR) is 52.8 cm³/mol. The molecule has 0 aliphatic heterocycles. The number of hydrogen-bond acceptors (Lipinski definition) is 5. The molecule has 0 heterocycles. The number of alkyl halides is 2. The molecule has 0 aliphatic rings. The van der Waals surface area contributed by atoms with Gasteiger partial charge in [0.05, 0.1) is 12.4 Å². The molecule has 9 heteroatoms. The van der Waals surface area contributed by atoms with Crippen LogP contribution >= 0.6 is 0 Å². The number of aliphatic carboxylic acids is 1. The lowest BCUT2D eigenvalue weighted by molar-refractivity contribution is -0.138. The van der Waals surface area contributed by atoms with Crippen molar-refractivity contribution in [3.05, 3.63) is 0 Å². The van der Waals surface area contributed by atoms with Gasteiger partial charge in [-0.1, -0.05) is 0 Å². The van der Waals surface area contributed by atoms with Gasteiger partial charge in [0.2, 0.25) is 0 Å². The second-order valence-corrected chi connectivity index (χ2v) is 5.53. The van der Waals surface area contributed by atoms with Gasteiger partial charge in [0.1, 0.15) is 6.04 Å². The molecule has 0 aromatic rings. The van der Waals surface area contributed by atoms with E-state index in [1.54, 1.807) is 0 Å². The van der Waals surface area contributed by atoms with Crippen LogP contribution in [0.5, 0.6) is 0 Å². The molecule has 0 saturated carbocycles. The summed E-state index contributed by atoms with van der Waals surface area (Å²) in [6, 6.07) is -1.19. The maximum absolute atomic E-state index is 11.6. The number of nitrogens with two attached hydrogens (primary N) is 1. The predicted octanol–water partition coefficient (Wildman–Crippen LogP) is 0.0744. The first-order valence-electron chi connectivity index (χ1n) is 4.37. The van der Waals surface area contributed by atoms with Crippen molar-refractivity contribution >= 4 is 15.7 Å². The summed E-state index contributed by atoms with van der Waals surface area (Å²) in [6.07, 6.45) is -0.133. The van der Waals surface area contributed by atoms with Gasteiger partial charge in [-0.3, -0.25) is 9.57 Å². The van der Waals surface area contributed by atoms with E-state index in [-0.39, 0.29) is 17.9 Å². The second kappa shape index (κ2) is 6.71. The molecule has 2 atom stereocenters. The zero-order valence-electron chi connectivity index (χ0n) is 8.40. The highest BCUT2D eigenvalue weighted by atomic mass is 32.2. The van der Waals surface area contributed by atoms with Gasteiger partial charge >= 0.3 is 12.6 Å². The van der Waals surface area contributed by atoms with E-state index in [1.807, 2.05) is 0 Å². The molecule has 0 amide bonds. The van der Waals surface area contributed by atoms with Crippen LogP contribution in [0.25, 0.3) is 0 Å². The van der Waals surface area contributed by atoms with Crippen LogP contribution in [0.4, 0.5) is 8.78 Å². The maximum atomic E-state index is 11.6. The van der Waals surface area contributed by atoms with E-state index in [9.17, 15) is 17.8 Å². The topological polar surface area (TPSA) is 113 Å². The van der Waals surface area contributed by atoms with E-state index < -0.39 is 35.0 Å². The van der Waals surface area contributed by atoms with E-state index in [0.717, 1.165) is 0 Å². The third kappa shape index (κ3) is 7.49. The molecule has 1 unspecified atom stereocenters. The van der Waals surface area contributed by atoms with E-state index in [0.29, 0.717) is 0 Å².